The van der Waals surface area contributed by atoms with E-state index in [1.165, 1.54) is 18.4 Å². The highest BCUT2D eigenvalue weighted by Crippen LogP contribution is 2.27. The fourth-order valence-corrected chi connectivity index (χ4v) is 2.83. The molecule has 19 heavy (non-hydrogen) atoms. The zero-order valence-electron chi connectivity index (χ0n) is 11.7. The van der Waals surface area contributed by atoms with Crippen LogP contribution in [0.1, 0.15) is 25.3 Å². The summed E-state index contributed by atoms with van der Waals surface area (Å²) in [5, 5.41) is 1.13. The standard InChI is InChI=1S/C16H21N3/c1-11-5-7-19(8-6-11)16-12(2)9-13-10-14(17)3-4-15(13)18-16/h3-4,9-11H,5-8,17H2,1-2H3. The topological polar surface area (TPSA) is 42.1 Å². The van der Waals surface area contributed by atoms with Crippen molar-refractivity contribution >= 4 is 22.4 Å². The van der Waals surface area contributed by atoms with Gasteiger partial charge in [0.2, 0.25) is 0 Å². The Bertz CT molecular complexity index is 598. The number of nitrogens with zero attached hydrogens (tertiary/aromatic N) is 2. The van der Waals surface area contributed by atoms with Gasteiger partial charge in [-0.3, -0.25) is 0 Å². The summed E-state index contributed by atoms with van der Waals surface area (Å²) in [6, 6.07) is 8.14. The molecule has 2 N–H and O–H groups in total. The number of benzene rings is 1. The largest absolute Gasteiger partial charge is 0.399 e. The molecule has 0 aliphatic carbocycles. The fraction of sp³-hybridized carbons (Fsp3) is 0.438. The Hall–Kier alpha value is -1.77. The normalized spacial score (nSPS) is 17.1. The average Bonchev–Trinajstić information content (AvgIpc) is 2.39. The first kappa shape index (κ1) is 12.3. The van der Waals surface area contributed by atoms with E-state index in [9.17, 15) is 0 Å². The van der Waals surface area contributed by atoms with Gasteiger partial charge < -0.3 is 10.6 Å². The average molecular weight is 255 g/mol. The first-order valence-corrected chi connectivity index (χ1v) is 7.05. The monoisotopic (exact) mass is 255 g/mol. The number of pyridine rings is 1. The zero-order valence-corrected chi connectivity index (χ0v) is 11.7. The van der Waals surface area contributed by atoms with Crippen molar-refractivity contribution in [3.63, 3.8) is 0 Å². The molecule has 0 bridgehead atoms. The summed E-state index contributed by atoms with van der Waals surface area (Å²) in [5.74, 6) is 1.99. The molecule has 0 amide bonds. The van der Waals surface area contributed by atoms with Crippen molar-refractivity contribution in [3.8, 4) is 0 Å². The number of hydrogen-bond donors (Lipinski definition) is 1. The molecule has 0 radical (unpaired) electrons. The Morgan fingerprint density at radius 3 is 2.68 bits per heavy atom. The zero-order chi connectivity index (χ0) is 13.4. The highest BCUT2D eigenvalue weighted by atomic mass is 15.2. The van der Waals surface area contributed by atoms with Gasteiger partial charge in [-0.1, -0.05) is 6.92 Å². The molecule has 0 spiro atoms. The van der Waals surface area contributed by atoms with Gasteiger partial charge in [0.1, 0.15) is 5.82 Å². The van der Waals surface area contributed by atoms with Gasteiger partial charge in [-0.05, 0) is 55.5 Å². The van der Waals surface area contributed by atoms with Gasteiger partial charge in [0.05, 0.1) is 5.52 Å². The predicted octanol–water partition coefficient (Wildman–Crippen LogP) is 3.36. The summed E-state index contributed by atoms with van der Waals surface area (Å²) < 4.78 is 0. The molecule has 2 aromatic rings. The summed E-state index contributed by atoms with van der Waals surface area (Å²) >= 11 is 0. The lowest BCUT2D eigenvalue weighted by atomic mass is 9.99. The number of nitrogens with two attached hydrogens (primary N) is 1. The van der Waals surface area contributed by atoms with Crippen LogP contribution < -0.4 is 10.6 Å². The van der Waals surface area contributed by atoms with Crippen molar-refractivity contribution in [1.82, 2.24) is 4.98 Å². The molecule has 0 saturated carbocycles. The minimum Gasteiger partial charge on any atom is -0.399 e. The van der Waals surface area contributed by atoms with E-state index >= 15 is 0 Å². The van der Waals surface area contributed by atoms with Crippen LogP contribution in [0.3, 0.4) is 0 Å². The molecular weight excluding hydrogens is 234 g/mol. The van der Waals surface area contributed by atoms with Gasteiger partial charge in [-0.2, -0.15) is 0 Å². The van der Waals surface area contributed by atoms with Crippen molar-refractivity contribution in [2.75, 3.05) is 23.7 Å². The van der Waals surface area contributed by atoms with Crippen LogP contribution in [0.25, 0.3) is 10.9 Å². The van der Waals surface area contributed by atoms with Crippen LogP contribution >= 0.6 is 0 Å². The van der Waals surface area contributed by atoms with E-state index in [2.05, 4.69) is 24.8 Å². The maximum absolute atomic E-state index is 5.83. The summed E-state index contributed by atoms with van der Waals surface area (Å²) in [6.45, 7) is 6.72. The van der Waals surface area contributed by atoms with E-state index in [0.29, 0.717) is 0 Å². The molecule has 0 unspecified atom stereocenters. The smallest absolute Gasteiger partial charge is 0.132 e. The Balaban J connectivity index is 1.99. The van der Waals surface area contributed by atoms with E-state index in [1.54, 1.807) is 0 Å². The van der Waals surface area contributed by atoms with Gasteiger partial charge in [-0.15, -0.1) is 0 Å². The highest BCUT2D eigenvalue weighted by molar-refractivity contribution is 5.84. The SMILES string of the molecule is Cc1cc2cc(N)ccc2nc1N1CCC(C)CC1. The van der Waals surface area contributed by atoms with E-state index in [1.807, 2.05) is 18.2 Å². The van der Waals surface area contributed by atoms with Crippen LogP contribution in [0.5, 0.6) is 0 Å². The lowest BCUT2D eigenvalue weighted by molar-refractivity contribution is 0.436. The molecule has 0 atom stereocenters. The Morgan fingerprint density at radius 1 is 1.21 bits per heavy atom. The van der Waals surface area contributed by atoms with Crippen molar-refractivity contribution in [1.29, 1.82) is 0 Å². The van der Waals surface area contributed by atoms with Crippen molar-refractivity contribution < 1.29 is 0 Å². The van der Waals surface area contributed by atoms with Crippen LogP contribution in [0.15, 0.2) is 24.3 Å². The minimum atomic E-state index is 0.799. The third-order valence-corrected chi connectivity index (χ3v) is 4.09. The molecule has 1 fully saturated rings. The van der Waals surface area contributed by atoms with Crippen LogP contribution in [0.2, 0.25) is 0 Å². The van der Waals surface area contributed by atoms with Gasteiger partial charge >= 0.3 is 0 Å². The number of aryl methyl sites for hydroxylation is 1. The van der Waals surface area contributed by atoms with Gasteiger partial charge in [0.25, 0.3) is 0 Å². The third-order valence-electron chi connectivity index (χ3n) is 4.09. The molecule has 1 aliphatic rings. The Morgan fingerprint density at radius 2 is 1.95 bits per heavy atom. The number of aromatic nitrogens is 1. The molecule has 3 nitrogen and oxygen atoms in total. The number of rotatable bonds is 1. The number of piperidine rings is 1. The van der Waals surface area contributed by atoms with E-state index in [0.717, 1.165) is 41.4 Å². The van der Waals surface area contributed by atoms with Crippen LogP contribution in [0.4, 0.5) is 11.5 Å². The van der Waals surface area contributed by atoms with Gasteiger partial charge in [-0.25, -0.2) is 4.98 Å². The van der Waals surface area contributed by atoms with E-state index in [4.69, 9.17) is 10.7 Å². The van der Waals surface area contributed by atoms with Crippen molar-refractivity contribution in [2.24, 2.45) is 5.92 Å². The van der Waals surface area contributed by atoms with Gasteiger partial charge in [0, 0.05) is 24.2 Å². The molecule has 3 rings (SSSR count). The first-order valence-electron chi connectivity index (χ1n) is 7.05. The van der Waals surface area contributed by atoms with Crippen LogP contribution in [-0.4, -0.2) is 18.1 Å². The second-order valence-electron chi connectivity index (χ2n) is 5.75. The lowest BCUT2D eigenvalue weighted by Gasteiger charge is -2.32. The second kappa shape index (κ2) is 4.72. The van der Waals surface area contributed by atoms with Gasteiger partial charge in [0.15, 0.2) is 0 Å². The molecule has 3 heteroatoms. The maximum atomic E-state index is 5.83. The molecule has 1 aromatic carbocycles. The summed E-state index contributed by atoms with van der Waals surface area (Å²) in [7, 11) is 0. The fourth-order valence-electron chi connectivity index (χ4n) is 2.83. The number of nitrogen functional groups attached to an aromatic ring is 1. The molecule has 100 valence electrons. The second-order valence-corrected chi connectivity index (χ2v) is 5.75. The molecule has 1 saturated heterocycles. The van der Waals surface area contributed by atoms with E-state index in [-0.39, 0.29) is 0 Å². The van der Waals surface area contributed by atoms with E-state index < -0.39 is 0 Å². The number of anilines is 2. The molecule has 2 heterocycles. The highest BCUT2D eigenvalue weighted by Gasteiger charge is 2.18. The van der Waals surface area contributed by atoms with Crippen molar-refractivity contribution in [3.05, 3.63) is 29.8 Å². The first-order chi connectivity index (χ1) is 9.13. The lowest BCUT2D eigenvalue weighted by Crippen LogP contribution is -2.33. The van der Waals surface area contributed by atoms with Crippen LogP contribution in [0, 0.1) is 12.8 Å². The van der Waals surface area contributed by atoms with Crippen molar-refractivity contribution in [2.45, 2.75) is 26.7 Å². The number of hydrogen-bond acceptors (Lipinski definition) is 3. The maximum Gasteiger partial charge on any atom is 0.132 e. The van der Waals surface area contributed by atoms with Crippen LogP contribution in [-0.2, 0) is 0 Å². The Labute approximate surface area is 114 Å². The Kier molecular flexibility index (Phi) is 3.05. The molecule has 1 aliphatic heterocycles. The predicted molar refractivity (Wildman–Crippen MR) is 81.5 cm³/mol. The minimum absolute atomic E-state index is 0.799. The quantitative estimate of drug-likeness (QED) is 0.794. The molecule has 1 aromatic heterocycles. The summed E-state index contributed by atoms with van der Waals surface area (Å²) in [5.41, 5.74) is 8.91. The third kappa shape index (κ3) is 2.37. The summed E-state index contributed by atoms with van der Waals surface area (Å²) in [4.78, 5) is 7.26. The molecular formula is C16H21N3. The summed E-state index contributed by atoms with van der Waals surface area (Å²) in [6.07, 6.45) is 2.53. The number of fused-ring (bicyclic) bond motifs is 1.